The molecule has 2 rings (SSSR count). The zero-order valence-electron chi connectivity index (χ0n) is 11.5. The van der Waals surface area contributed by atoms with Crippen LogP contribution in [0.2, 0.25) is 5.02 Å². The Bertz CT molecular complexity index is 588. The Morgan fingerprint density at radius 1 is 1.20 bits per heavy atom. The predicted molar refractivity (Wildman–Crippen MR) is 80.0 cm³/mol. The van der Waals surface area contributed by atoms with Gasteiger partial charge in [0.2, 0.25) is 0 Å². The second kappa shape index (κ2) is 6.73. The minimum atomic E-state index is -0.396. The molecule has 0 amide bonds. The van der Waals surface area contributed by atoms with E-state index in [1.165, 1.54) is 6.07 Å². The quantitative estimate of drug-likeness (QED) is 0.843. The molecule has 0 fully saturated rings. The average molecular weight is 294 g/mol. The minimum Gasteiger partial charge on any atom is -0.452 e. The van der Waals surface area contributed by atoms with E-state index < -0.39 is 5.82 Å². The second-order valence-corrected chi connectivity index (χ2v) is 4.88. The molecule has 0 heterocycles. The van der Waals surface area contributed by atoms with Crippen LogP contribution in [0, 0.1) is 5.82 Å². The number of hydrogen-bond acceptors (Lipinski definition) is 2. The Morgan fingerprint density at radius 2 is 1.95 bits per heavy atom. The van der Waals surface area contributed by atoms with Crippen molar-refractivity contribution in [2.75, 3.05) is 6.54 Å². The molecule has 2 nitrogen and oxygen atoms in total. The highest BCUT2D eigenvalue weighted by Crippen LogP contribution is 2.35. The molecule has 2 aromatic rings. The van der Waals surface area contributed by atoms with E-state index >= 15 is 0 Å². The van der Waals surface area contributed by atoms with Crippen molar-refractivity contribution in [2.24, 2.45) is 0 Å². The largest absolute Gasteiger partial charge is 0.452 e. The number of halogens is 2. The van der Waals surface area contributed by atoms with E-state index in [-0.39, 0.29) is 11.8 Å². The molecule has 0 aromatic heterocycles. The first-order valence-corrected chi connectivity index (χ1v) is 6.95. The summed E-state index contributed by atoms with van der Waals surface area (Å²) in [4.78, 5) is 0. The van der Waals surface area contributed by atoms with Crippen LogP contribution in [0.15, 0.2) is 42.5 Å². The van der Waals surface area contributed by atoms with Crippen molar-refractivity contribution in [1.29, 1.82) is 0 Å². The van der Waals surface area contributed by atoms with Gasteiger partial charge in [-0.15, -0.1) is 0 Å². The number of para-hydroxylation sites is 2. The van der Waals surface area contributed by atoms with Gasteiger partial charge in [-0.2, -0.15) is 0 Å². The molecule has 2 aromatic carbocycles. The average Bonchev–Trinajstić information content (AvgIpc) is 2.43. The molecule has 1 atom stereocenters. The van der Waals surface area contributed by atoms with Crippen molar-refractivity contribution in [3.8, 4) is 11.5 Å². The van der Waals surface area contributed by atoms with Gasteiger partial charge in [0.05, 0.1) is 5.02 Å². The Labute approximate surface area is 123 Å². The molecule has 0 aliphatic heterocycles. The number of ether oxygens (including phenoxy) is 1. The summed E-state index contributed by atoms with van der Waals surface area (Å²) < 4.78 is 19.8. The molecule has 20 heavy (non-hydrogen) atoms. The standard InChI is InChI=1S/C16H17ClFNO/c1-3-19-11(2)12-7-6-9-14(18)16(12)20-15-10-5-4-8-13(15)17/h4-11,19H,3H2,1-2H3. The predicted octanol–water partition coefficient (Wildman–Crippen LogP) is 4.94. The van der Waals surface area contributed by atoms with Crippen LogP contribution < -0.4 is 10.1 Å². The third-order valence-corrected chi connectivity index (χ3v) is 3.34. The molecule has 106 valence electrons. The zero-order chi connectivity index (χ0) is 14.5. The van der Waals surface area contributed by atoms with Crippen LogP contribution in [0.4, 0.5) is 4.39 Å². The van der Waals surface area contributed by atoms with Gasteiger partial charge in [0.15, 0.2) is 11.6 Å². The van der Waals surface area contributed by atoms with Gasteiger partial charge in [0, 0.05) is 11.6 Å². The maximum absolute atomic E-state index is 14.1. The lowest BCUT2D eigenvalue weighted by atomic mass is 10.1. The van der Waals surface area contributed by atoms with Gasteiger partial charge in [-0.05, 0) is 31.7 Å². The van der Waals surface area contributed by atoms with Gasteiger partial charge in [0.25, 0.3) is 0 Å². The maximum Gasteiger partial charge on any atom is 0.167 e. The van der Waals surface area contributed by atoms with Crippen LogP contribution in [0.5, 0.6) is 11.5 Å². The highest BCUT2D eigenvalue weighted by molar-refractivity contribution is 6.32. The third kappa shape index (κ3) is 3.30. The van der Waals surface area contributed by atoms with E-state index in [0.29, 0.717) is 10.8 Å². The van der Waals surface area contributed by atoms with Crippen LogP contribution in [-0.4, -0.2) is 6.54 Å². The first-order valence-electron chi connectivity index (χ1n) is 6.57. The first kappa shape index (κ1) is 14.8. The molecule has 1 unspecified atom stereocenters. The van der Waals surface area contributed by atoms with E-state index in [9.17, 15) is 4.39 Å². The Kier molecular flexibility index (Phi) is 4.99. The highest BCUT2D eigenvalue weighted by atomic mass is 35.5. The fourth-order valence-electron chi connectivity index (χ4n) is 2.03. The number of benzene rings is 2. The lowest BCUT2D eigenvalue weighted by Gasteiger charge is -2.18. The highest BCUT2D eigenvalue weighted by Gasteiger charge is 2.16. The van der Waals surface area contributed by atoms with Crippen LogP contribution in [0.3, 0.4) is 0 Å². The van der Waals surface area contributed by atoms with E-state index in [1.54, 1.807) is 30.3 Å². The van der Waals surface area contributed by atoms with Gasteiger partial charge < -0.3 is 10.1 Å². The van der Waals surface area contributed by atoms with Crippen molar-refractivity contribution in [3.05, 3.63) is 58.9 Å². The first-order chi connectivity index (χ1) is 9.63. The van der Waals surface area contributed by atoms with Crippen molar-refractivity contribution in [2.45, 2.75) is 19.9 Å². The molecule has 0 radical (unpaired) electrons. The van der Waals surface area contributed by atoms with E-state index in [4.69, 9.17) is 16.3 Å². The summed E-state index contributed by atoms with van der Waals surface area (Å²) in [5.74, 6) is 0.269. The zero-order valence-corrected chi connectivity index (χ0v) is 12.2. The summed E-state index contributed by atoms with van der Waals surface area (Å²) in [5.41, 5.74) is 0.770. The second-order valence-electron chi connectivity index (χ2n) is 4.47. The van der Waals surface area contributed by atoms with Crippen molar-refractivity contribution in [1.82, 2.24) is 5.32 Å². The summed E-state index contributed by atoms with van der Waals surface area (Å²) in [6, 6.07) is 11.9. The number of hydrogen-bond donors (Lipinski definition) is 1. The minimum absolute atomic E-state index is 0.00631. The molecule has 0 saturated heterocycles. The SMILES string of the molecule is CCNC(C)c1cccc(F)c1Oc1ccccc1Cl. The van der Waals surface area contributed by atoms with Gasteiger partial charge in [0.1, 0.15) is 5.75 Å². The number of rotatable bonds is 5. The summed E-state index contributed by atoms with van der Waals surface area (Å²) in [7, 11) is 0. The van der Waals surface area contributed by atoms with E-state index in [2.05, 4.69) is 5.32 Å². The molecule has 0 aliphatic carbocycles. The van der Waals surface area contributed by atoms with Crippen molar-refractivity contribution in [3.63, 3.8) is 0 Å². The molecule has 4 heteroatoms. The normalized spacial score (nSPS) is 12.2. The molecule has 0 spiro atoms. The van der Waals surface area contributed by atoms with Gasteiger partial charge in [-0.1, -0.05) is 42.8 Å². The molecule has 0 saturated carbocycles. The van der Waals surface area contributed by atoms with Gasteiger partial charge >= 0.3 is 0 Å². The molecular weight excluding hydrogens is 277 g/mol. The Morgan fingerprint density at radius 3 is 2.65 bits per heavy atom. The Hall–Kier alpha value is -1.58. The third-order valence-electron chi connectivity index (χ3n) is 3.02. The summed E-state index contributed by atoms with van der Waals surface area (Å²) in [5, 5.41) is 3.71. The monoisotopic (exact) mass is 293 g/mol. The van der Waals surface area contributed by atoms with Gasteiger partial charge in [-0.3, -0.25) is 0 Å². The molecular formula is C16H17ClFNO. The lowest BCUT2D eigenvalue weighted by molar-refractivity contribution is 0.426. The van der Waals surface area contributed by atoms with Crippen molar-refractivity contribution >= 4 is 11.6 Å². The Balaban J connectivity index is 2.38. The molecule has 0 bridgehead atoms. The fraction of sp³-hybridized carbons (Fsp3) is 0.250. The molecule has 0 aliphatic rings. The van der Waals surface area contributed by atoms with Crippen molar-refractivity contribution < 1.29 is 9.13 Å². The van der Waals surface area contributed by atoms with Crippen LogP contribution in [0.1, 0.15) is 25.5 Å². The summed E-state index contributed by atoms with van der Waals surface area (Å²) in [6.45, 7) is 4.77. The summed E-state index contributed by atoms with van der Waals surface area (Å²) in [6.07, 6.45) is 0. The van der Waals surface area contributed by atoms with Gasteiger partial charge in [-0.25, -0.2) is 4.39 Å². The summed E-state index contributed by atoms with van der Waals surface area (Å²) >= 11 is 6.06. The van der Waals surface area contributed by atoms with E-state index in [0.717, 1.165) is 12.1 Å². The number of nitrogens with one attached hydrogen (secondary N) is 1. The molecule has 1 N–H and O–H groups in total. The van der Waals surface area contributed by atoms with Crippen LogP contribution in [0.25, 0.3) is 0 Å². The van der Waals surface area contributed by atoms with E-state index in [1.807, 2.05) is 19.9 Å². The smallest absolute Gasteiger partial charge is 0.167 e. The topological polar surface area (TPSA) is 21.3 Å². The van der Waals surface area contributed by atoms with Crippen LogP contribution >= 0.6 is 11.6 Å². The fourth-order valence-corrected chi connectivity index (χ4v) is 2.20. The van der Waals surface area contributed by atoms with Crippen LogP contribution in [-0.2, 0) is 0 Å². The lowest BCUT2D eigenvalue weighted by Crippen LogP contribution is -2.18. The maximum atomic E-state index is 14.1.